The van der Waals surface area contributed by atoms with Crippen LogP contribution in [0.5, 0.6) is 0 Å². The Hall–Kier alpha value is -1.44. The van der Waals surface area contributed by atoms with E-state index in [9.17, 15) is 13.2 Å². The summed E-state index contributed by atoms with van der Waals surface area (Å²) in [6.45, 7) is 2.36. The number of nitrogens with zero attached hydrogens (tertiary/aromatic N) is 2. The number of benzene rings is 1. The summed E-state index contributed by atoms with van der Waals surface area (Å²) in [6.07, 6.45) is 3.54. The molecule has 6 nitrogen and oxygen atoms in total. The number of piperidine rings is 1. The molecule has 1 aromatic rings. The number of nitrogens with one attached hydrogen (secondary N) is 1. The van der Waals surface area contributed by atoms with E-state index >= 15 is 0 Å². The normalized spacial score (nSPS) is 25.2. The predicted octanol–water partition coefficient (Wildman–Crippen LogP) is 1.30. The summed E-state index contributed by atoms with van der Waals surface area (Å²) in [6, 6.07) is 8.72. The molecular weight excluding hydrogens is 338 g/mol. The second-order valence-corrected chi connectivity index (χ2v) is 8.84. The molecule has 0 bridgehead atoms. The van der Waals surface area contributed by atoms with Gasteiger partial charge in [-0.15, -0.1) is 0 Å². The Balaban J connectivity index is 1.72. The van der Waals surface area contributed by atoms with E-state index in [4.69, 9.17) is 0 Å². The number of hydrogen-bond donors (Lipinski definition) is 1. The highest BCUT2D eigenvalue weighted by molar-refractivity contribution is 7.89. The van der Waals surface area contributed by atoms with E-state index in [1.807, 2.05) is 11.9 Å². The van der Waals surface area contributed by atoms with Gasteiger partial charge < -0.3 is 10.2 Å². The lowest BCUT2D eigenvalue weighted by molar-refractivity contribution is -0.137. The maximum atomic E-state index is 13.0. The van der Waals surface area contributed by atoms with Gasteiger partial charge in [-0.2, -0.15) is 4.31 Å². The summed E-state index contributed by atoms with van der Waals surface area (Å²) in [5.74, 6) is -0.115. The van der Waals surface area contributed by atoms with Gasteiger partial charge in [0.2, 0.25) is 15.9 Å². The molecule has 3 rings (SSSR count). The van der Waals surface area contributed by atoms with Crippen LogP contribution in [0.3, 0.4) is 0 Å². The van der Waals surface area contributed by atoms with Crippen LogP contribution in [0.2, 0.25) is 0 Å². The van der Waals surface area contributed by atoms with Gasteiger partial charge in [0.15, 0.2) is 0 Å². The highest BCUT2D eigenvalue weighted by atomic mass is 32.2. The van der Waals surface area contributed by atoms with Crippen LogP contribution in [-0.2, 0) is 14.8 Å². The van der Waals surface area contributed by atoms with Crippen LogP contribution >= 0.6 is 0 Å². The quantitative estimate of drug-likeness (QED) is 0.854. The molecule has 0 aromatic heterocycles. The van der Waals surface area contributed by atoms with Crippen molar-refractivity contribution in [2.24, 2.45) is 5.92 Å². The first kappa shape index (κ1) is 18.4. The molecule has 2 heterocycles. The van der Waals surface area contributed by atoms with E-state index in [1.165, 1.54) is 4.31 Å². The van der Waals surface area contributed by atoms with Crippen molar-refractivity contribution in [3.05, 3.63) is 30.3 Å². The molecule has 7 heteroatoms. The third-order valence-electron chi connectivity index (χ3n) is 5.21. The Labute approximate surface area is 150 Å². The maximum absolute atomic E-state index is 13.0. The number of amides is 1. The Morgan fingerprint density at radius 2 is 1.88 bits per heavy atom. The van der Waals surface area contributed by atoms with Gasteiger partial charge in [0.1, 0.15) is 0 Å². The first-order valence-corrected chi connectivity index (χ1v) is 10.5. The second kappa shape index (κ2) is 7.85. The van der Waals surface area contributed by atoms with Crippen molar-refractivity contribution >= 4 is 15.9 Å². The van der Waals surface area contributed by atoms with E-state index < -0.39 is 10.0 Å². The van der Waals surface area contributed by atoms with E-state index in [2.05, 4.69) is 5.32 Å². The molecule has 1 amide bonds. The van der Waals surface area contributed by atoms with Crippen LogP contribution in [-0.4, -0.2) is 62.8 Å². The topological polar surface area (TPSA) is 69.7 Å². The van der Waals surface area contributed by atoms with Gasteiger partial charge in [0, 0.05) is 32.2 Å². The van der Waals surface area contributed by atoms with Crippen LogP contribution in [0, 0.1) is 5.92 Å². The summed E-state index contributed by atoms with van der Waals surface area (Å²) >= 11 is 0. The average Bonchev–Trinajstić information content (AvgIpc) is 3.10. The molecule has 138 valence electrons. The summed E-state index contributed by atoms with van der Waals surface area (Å²) in [5.41, 5.74) is 0. The molecule has 2 fully saturated rings. The lowest BCUT2D eigenvalue weighted by Gasteiger charge is -2.35. The Morgan fingerprint density at radius 3 is 2.60 bits per heavy atom. The highest BCUT2D eigenvalue weighted by Gasteiger charge is 2.37. The van der Waals surface area contributed by atoms with Gasteiger partial charge >= 0.3 is 0 Å². The lowest BCUT2D eigenvalue weighted by Crippen LogP contribution is -2.49. The zero-order valence-corrected chi connectivity index (χ0v) is 15.5. The largest absolute Gasteiger partial charge is 0.338 e. The third-order valence-corrected chi connectivity index (χ3v) is 7.09. The van der Waals surface area contributed by atoms with Gasteiger partial charge in [-0.05, 0) is 44.9 Å². The summed E-state index contributed by atoms with van der Waals surface area (Å²) in [7, 11) is -1.63. The standard InChI is InChI=1S/C18H27N3O3S/c1-19-13-16-8-6-12-21(16)18(22)15-7-5-11-20(14-15)25(23,24)17-9-3-2-4-10-17/h2-4,9-10,15-16,19H,5-8,11-14H2,1H3. The van der Waals surface area contributed by atoms with Crippen LogP contribution < -0.4 is 5.32 Å². The minimum absolute atomic E-state index is 0.116. The number of hydrogen-bond acceptors (Lipinski definition) is 4. The Kier molecular flexibility index (Phi) is 5.76. The number of carbonyl (C=O) groups is 1. The molecule has 0 aliphatic carbocycles. The molecule has 0 spiro atoms. The highest BCUT2D eigenvalue weighted by Crippen LogP contribution is 2.27. The van der Waals surface area contributed by atoms with Crippen molar-refractivity contribution < 1.29 is 13.2 Å². The summed E-state index contributed by atoms with van der Waals surface area (Å²) in [5, 5.41) is 3.15. The van der Waals surface area contributed by atoms with Gasteiger partial charge in [-0.1, -0.05) is 18.2 Å². The molecule has 0 radical (unpaired) electrons. The first-order valence-electron chi connectivity index (χ1n) is 9.04. The van der Waals surface area contributed by atoms with Crippen LogP contribution in [0.25, 0.3) is 0 Å². The molecular formula is C18H27N3O3S. The molecule has 2 aliphatic rings. The predicted molar refractivity (Wildman–Crippen MR) is 96.6 cm³/mol. The van der Waals surface area contributed by atoms with E-state index in [1.54, 1.807) is 30.3 Å². The molecule has 0 saturated carbocycles. The maximum Gasteiger partial charge on any atom is 0.243 e. The zero-order chi connectivity index (χ0) is 17.9. The van der Waals surface area contributed by atoms with E-state index in [0.29, 0.717) is 18.0 Å². The van der Waals surface area contributed by atoms with Crippen molar-refractivity contribution in [1.82, 2.24) is 14.5 Å². The van der Waals surface area contributed by atoms with E-state index in [-0.39, 0.29) is 17.9 Å². The molecule has 25 heavy (non-hydrogen) atoms. The van der Waals surface area contributed by atoms with Gasteiger partial charge in [0.25, 0.3) is 0 Å². The molecule has 2 saturated heterocycles. The van der Waals surface area contributed by atoms with Crippen molar-refractivity contribution in [2.75, 3.05) is 33.2 Å². The van der Waals surface area contributed by atoms with Crippen molar-refractivity contribution in [2.45, 2.75) is 36.6 Å². The van der Waals surface area contributed by atoms with Gasteiger partial charge in [-0.25, -0.2) is 8.42 Å². The van der Waals surface area contributed by atoms with Crippen molar-refractivity contribution in [3.8, 4) is 0 Å². The number of carbonyl (C=O) groups excluding carboxylic acids is 1. The third kappa shape index (κ3) is 3.88. The van der Waals surface area contributed by atoms with Crippen molar-refractivity contribution in [1.29, 1.82) is 0 Å². The van der Waals surface area contributed by atoms with Crippen LogP contribution in [0.15, 0.2) is 35.2 Å². The second-order valence-electron chi connectivity index (χ2n) is 6.90. The van der Waals surface area contributed by atoms with Gasteiger partial charge in [-0.3, -0.25) is 4.79 Å². The fourth-order valence-electron chi connectivity index (χ4n) is 3.91. The van der Waals surface area contributed by atoms with Crippen LogP contribution in [0.4, 0.5) is 0 Å². The summed E-state index contributed by atoms with van der Waals surface area (Å²) in [4.78, 5) is 15.2. The smallest absolute Gasteiger partial charge is 0.243 e. The Morgan fingerprint density at radius 1 is 1.16 bits per heavy atom. The fraction of sp³-hybridized carbons (Fsp3) is 0.611. The molecule has 1 aromatic carbocycles. The average molecular weight is 365 g/mol. The van der Waals surface area contributed by atoms with E-state index in [0.717, 1.165) is 38.8 Å². The minimum Gasteiger partial charge on any atom is -0.338 e. The molecule has 2 atom stereocenters. The first-order chi connectivity index (χ1) is 12.0. The number of rotatable bonds is 5. The molecule has 2 aliphatic heterocycles. The lowest BCUT2D eigenvalue weighted by atomic mass is 9.97. The van der Waals surface area contributed by atoms with Crippen molar-refractivity contribution in [3.63, 3.8) is 0 Å². The fourth-order valence-corrected chi connectivity index (χ4v) is 5.46. The van der Waals surface area contributed by atoms with Crippen LogP contribution in [0.1, 0.15) is 25.7 Å². The number of sulfonamides is 1. The number of likely N-dealkylation sites (tertiary alicyclic amines) is 1. The molecule has 1 N–H and O–H groups in total. The zero-order valence-electron chi connectivity index (χ0n) is 14.7. The number of likely N-dealkylation sites (N-methyl/N-ethyl adjacent to an activating group) is 1. The SMILES string of the molecule is CNCC1CCCN1C(=O)C1CCCN(S(=O)(=O)c2ccccc2)C1. The van der Waals surface area contributed by atoms with Gasteiger partial charge in [0.05, 0.1) is 10.8 Å². The minimum atomic E-state index is -3.53. The monoisotopic (exact) mass is 365 g/mol. The molecule has 2 unspecified atom stereocenters. The summed E-state index contributed by atoms with van der Waals surface area (Å²) < 4.78 is 27.2. The Bertz CT molecular complexity index is 693.